The van der Waals surface area contributed by atoms with Gasteiger partial charge in [-0.25, -0.2) is 4.98 Å². The molecule has 0 atom stereocenters. The molecule has 1 aromatic heterocycles. The minimum Gasteiger partial charge on any atom is -0.399 e. The number of nitrogens with two attached hydrogens (primary N) is 2. The van der Waals surface area contributed by atoms with E-state index in [4.69, 9.17) is 23.1 Å². The molecule has 0 aliphatic heterocycles. The summed E-state index contributed by atoms with van der Waals surface area (Å²) in [6.45, 7) is 0.708. The van der Waals surface area contributed by atoms with Crippen molar-refractivity contribution in [3.05, 3.63) is 17.3 Å². The number of carbonyl (C=O) groups is 1. The zero-order chi connectivity index (χ0) is 12.0. The first-order valence-corrected chi connectivity index (χ1v) is 5.41. The van der Waals surface area contributed by atoms with Crippen LogP contribution in [0.15, 0.2) is 12.1 Å². The van der Waals surface area contributed by atoms with Gasteiger partial charge in [0.25, 0.3) is 0 Å². The molecule has 5 nitrogen and oxygen atoms in total. The van der Waals surface area contributed by atoms with Crippen LogP contribution in [0.1, 0.15) is 19.3 Å². The molecule has 0 aliphatic carbocycles. The lowest BCUT2D eigenvalue weighted by Crippen LogP contribution is -2.11. The van der Waals surface area contributed by atoms with E-state index in [1.165, 1.54) is 0 Å². The zero-order valence-corrected chi connectivity index (χ0v) is 9.63. The lowest BCUT2D eigenvalue weighted by atomic mass is 10.2. The Morgan fingerprint density at radius 2 is 2.19 bits per heavy atom. The molecule has 0 spiro atoms. The molecule has 88 valence electrons. The van der Waals surface area contributed by atoms with E-state index in [0.717, 1.165) is 12.8 Å². The molecule has 0 fully saturated rings. The predicted octanol–water partition coefficient (Wildman–Crippen LogP) is 1.38. The van der Waals surface area contributed by atoms with E-state index >= 15 is 0 Å². The summed E-state index contributed by atoms with van der Waals surface area (Å²) < 4.78 is 0. The normalized spacial score (nSPS) is 10.1. The molecule has 5 N–H and O–H groups in total. The molecule has 1 aromatic rings. The summed E-state index contributed by atoms with van der Waals surface area (Å²) in [5.41, 5.74) is 11.2. The summed E-state index contributed by atoms with van der Waals surface area (Å²) in [4.78, 5) is 14.5. The standard InChI is InChI=1S/C10H15ClN4O/c11-8-5-7(12)6-10(15-8)14-4-2-1-3-9(13)16/h5-6H,1-4H2,(H2,13,16)(H3,12,14,15). The fourth-order valence-electron chi connectivity index (χ4n) is 1.25. The summed E-state index contributed by atoms with van der Waals surface area (Å²) in [5.74, 6) is 0.370. The van der Waals surface area contributed by atoms with E-state index < -0.39 is 0 Å². The molecule has 6 heteroatoms. The molecule has 0 aromatic carbocycles. The summed E-state index contributed by atoms with van der Waals surface area (Å²) in [5, 5.41) is 3.43. The predicted molar refractivity (Wildman–Crippen MR) is 65.2 cm³/mol. The summed E-state index contributed by atoms with van der Waals surface area (Å²) in [6, 6.07) is 3.29. The molecule has 1 amide bonds. The van der Waals surface area contributed by atoms with Crippen LogP contribution in [0.3, 0.4) is 0 Å². The second-order valence-corrected chi connectivity index (χ2v) is 3.85. The van der Waals surface area contributed by atoms with Crippen molar-refractivity contribution in [3.63, 3.8) is 0 Å². The average Bonchev–Trinajstić information content (AvgIpc) is 2.15. The highest BCUT2D eigenvalue weighted by molar-refractivity contribution is 6.29. The Hall–Kier alpha value is -1.49. The van der Waals surface area contributed by atoms with Gasteiger partial charge in [0, 0.05) is 24.7 Å². The number of pyridine rings is 1. The fraction of sp³-hybridized carbons (Fsp3) is 0.400. The van der Waals surface area contributed by atoms with E-state index in [-0.39, 0.29) is 5.91 Å². The van der Waals surface area contributed by atoms with Gasteiger partial charge in [-0.1, -0.05) is 11.6 Å². The van der Waals surface area contributed by atoms with Gasteiger partial charge in [-0.2, -0.15) is 0 Å². The molecule has 16 heavy (non-hydrogen) atoms. The number of halogens is 1. The molecule has 0 saturated heterocycles. The van der Waals surface area contributed by atoms with Gasteiger partial charge >= 0.3 is 0 Å². The number of nitrogens with zero attached hydrogens (tertiary/aromatic N) is 1. The van der Waals surface area contributed by atoms with Crippen molar-refractivity contribution in [3.8, 4) is 0 Å². The lowest BCUT2D eigenvalue weighted by Gasteiger charge is -2.06. The van der Waals surface area contributed by atoms with Crippen molar-refractivity contribution in [1.29, 1.82) is 0 Å². The maximum atomic E-state index is 10.5. The number of anilines is 2. The third kappa shape index (κ3) is 4.84. The Morgan fingerprint density at radius 3 is 2.81 bits per heavy atom. The van der Waals surface area contributed by atoms with Gasteiger partial charge < -0.3 is 16.8 Å². The summed E-state index contributed by atoms with van der Waals surface area (Å²) >= 11 is 5.74. The number of aromatic nitrogens is 1. The van der Waals surface area contributed by atoms with Crippen molar-refractivity contribution >= 4 is 29.0 Å². The van der Waals surface area contributed by atoms with Gasteiger partial charge in [0.05, 0.1) is 0 Å². The van der Waals surface area contributed by atoms with Crippen LogP contribution in [0.4, 0.5) is 11.5 Å². The van der Waals surface area contributed by atoms with Crippen LogP contribution in [0.2, 0.25) is 5.15 Å². The highest BCUT2D eigenvalue weighted by Crippen LogP contribution is 2.15. The third-order valence-corrected chi connectivity index (χ3v) is 2.17. The molecule has 0 bridgehead atoms. The number of primary amides is 1. The Kier molecular flexibility index (Phi) is 4.85. The molecule has 0 radical (unpaired) electrons. The van der Waals surface area contributed by atoms with Gasteiger partial charge in [-0.15, -0.1) is 0 Å². The van der Waals surface area contributed by atoms with Gasteiger partial charge in [0.2, 0.25) is 5.91 Å². The summed E-state index contributed by atoms with van der Waals surface area (Å²) in [7, 11) is 0. The van der Waals surface area contributed by atoms with Crippen LogP contribution in [0.5, 0.6) is 0 Å². The second-order valence-electron chi connectivity index (χ2n) is 3.46. The largest absolute Gasteiger partial charge is 0.399 e. The molecule has 0 saturated carbocycles. The monoisotopic (exact) mass is 242 g/mol. The highest BCUT2D eigenvalue weighted by atomic mass is 35.5. The molecule has 0 unspecified atom stereocenters. The minimum atomic E-state index is -0.273. The molecular weight excluding hydrogens is 228 g/mol. The Morgan fingerprint density at radius 1 is 1.44 bits per heavy atom. The maximum absolute atomic E-state index is 10.5. The first kappa shape index (κ1) is 12.6. The third-order valence-electron chi connectivity index (χ3n) is 1.97. The van der Waals surface area contributed by atoms with Crippen LogP contribution in [-0.4, -0.2) is 17.4 Å². The first-order valence-electron chi connectivity index (χ1n) is 5.03. The quantitative estimate of drug-likeness (QED) is 0.519. The molecule has 1 rings (SSSR count). The van der Waals surface area contributed by atoms with E-state index in [9.17, 15) is 4.79 Å². The van der Waals surface area contributed by atoms with Gasteiger partial charge in [0.15, 0.2) is 0 Å². The first-order chi connectivity index (χ1) is 7.58. The lowest BCUT2D eigenvalue weighted by molar-refractivity contribution is -0.118. The van der Waals surface area contributed by atoms with Crippen LogP contribution in [-0.2, 0) is 4.79 Å². The van der Waals surface area contributed by atoms with Crippen LogP contribution < -0.4 is 16.8 Å². The van der Waals surface area contributed by atoms with Crippen LogP contribution in [0, 0.1) is 0 Å². The average molecular weight is 243 g/mol. The van der Waals surface area contributed by atoms with Crippen molar-refractivity contribution in [1.82, 2.24) is 4.98 Å². The number of nitrogen functional groups attached to an aromatic ring is 1. The van der Waals surface area contributed by atoms with Gasteiger partial charge in [-0.3, -0.25) is 4.79 Å². The van der Waals surface area contributed by atoms with E-state index in [2.05, 4.69) is 10.3 Å². The van der Waals surface area contributed by atoms with Crippen molar-refractivity contribution in [2.75, 3.05) is 17.6 Å². The molecule has 1 heterocycles. The number of rotatable bonds is 6. The van der Waals surface area contributed by atoms with Gasteiger partial charge in [0.1, 0.15) is 11.0 Å². The number of carbonyl (C=O) groups excluding carboxylic acids is 1. The molecule has 0 aliphatic rings. The minimum absolute atomic E-state index is 0.273. The number of hydrogen-bond donors (Lipinski definition) is 3. The number of hydrogen-bond acceptors (Lipinski definition) is 4. The number of amides is 1. The topological polar surface area (TPSA) is 94.0 Å². The van der Waals surface area contributed by atoms with Crippen LogP contribution in [0.25, 0.3) is 0 Å². The van der Waals surface area contributed by atoms with Crippen LogP contribution >= 0.6 is 11.6 Å². The number of unbranched alkanes of at least 4 members (excludes halogenated alkanes) is 1. The molecular formula is C10H15ClN4O. The maximum Gasteiger partial charge on any atom is 0.217 e. The van der Waals surface area contributed by atoms with Gasteiger partial charge in [-0.05, 0) is 18.9 Å². The van der Waals surface area contributed by atoms with Crippen molar-refractivity contribution in [2.45, 2.75) is 19.3 Å². The zero-order valence-electron chi connectivity index (χ0n) is 8.87. The summed E-state index contributed by atoms with van der Waals surface area (Å²) in [6.07, 6.45) is 2.02. The Labute approximate surface area is 99.2 Å². The highest BCUT2D eigenvalue weighted by Gasteiger charge is 1.99. The Balaban J connectivity index is 2.29. The smallest absolute Gasteiger partial charge is 0.217 e. The van der Waals surface area contributed by atoms with E-state index in [1.807, 2.05) is 0 Å². The van der Waals surface area contributed by atoms with Crippen molar-refractivity contribution < 1.29 is 4.79 Å². The Bertz CT molecular complexity index is 350. The number of nitrogens with one attached hydrogen (secondary N) is 1. The van der Waals surface area contributed by atoms with E-state index in [0.29, 0.717) is 29.6 Å². The fourth-order valence-corrected chi connectivity index (χ4v) is 1.46. The van der Waals surface area contributed by atoms with E-state index in [1.54, 1.807) is 12.1 Å². The van der Waals surface area contributed by atoms with Crippen molar-refractivity contribution in [2.24, 2.45) is 5.73 Å². The second kappa shape index (κ2) is 6.17. The SMILES string of the molecule is NC(=O)CCCCNc1cc(N)cc(Cl)n1.